The first kappa shape index (κ1) is 16.8. The summed E-state index contributed by atoms with van der Waals surface area (Å²) in [4.78, 5) is 24.0. The maximum Gasteiger partial charge on any atom is 0.340 e. The Balaban J connectivity index is 2.32. The van der Waals surface area contributed by atoms with E-state index in [9.17, 15) is 18.0 Å². The van der Waals surface area contributed by atoms with Crippen molar-refractivity contribution in [3.05, 3.63) is 28.8 Å². The van der Waals surface area contributed by atoms with Gasteiger partial charge in [0.25, 0.3) is 5.91 Å². The number of halogens is 1. The number of carbonyl (C=O) groups is 2. The van der Waals surface area contributed by atoms with Crippen molar-refractivity contribution in [3.8, 4) is 0 Å². The minimum absolute atomic E-state index is 0.0426. The van der Waals surface area contributed by atoms with Crippen LogP contribution in [0.3, 0.4) is 0 Å². The number of nitrogens with one attached hydrogen (secondary N) is 1. The molecule has 1 aromatic carbocycles. The lowest BCUT2D eigenvalue weighted by molar-refractivity contribution is -0.129. The van der Waals surface area contributed by atoms with E-state index < -0.39 is 27.3 Å². The van der Waals surface area contributed by atoms with Crippen molar-refractivity contribution < 1.29 is 22.7 Å². The molecule has 22 heavy (non-hydrogen) atoms. The molecular formula is C14H16ClNO5S. The van der Waals surface area contributed by atoms with Crippen LogP contribution in [-0.4, -0.2) is 39.2 Å². The second-order valence-corrected chi connectivity index (χ2v) is 8.33. The van der Waals surface area contributed by atoms with Crippen molar-refractivity contribution >= 4 is 33.3 Å². The second kappa shape index (κ2) is 5.55. The van der Waals surface area contributed by atoms with Crippen molar-refractivity contribution in [3.63, 3.8) is 0 Å². The quantitative estimate of drug-likeness (QED) is 0.837. The summed E-state index contributed by atoms with van der Waals surface area (Å²) in [5.74, 6) is -1.21. The highest BCUT2D eigenvalue weighted by Gasteiger charge is 2.44. The van der Waals surface area contributed by atoms with Crippen LogP contribution in [-0.2, 0) is 19.4 Å². The van der Waals surface area contributed by atoms with Crippen LogP contribution in [0.1, 0.15) is 24.2 Å². The van der Waals surface area contributed by atoms with Crippen LogP contribution in [0, 0.1) is 5.41 Å². The van der Waals surface area contributed by atoms with Crippen LogP contribution in [0.15, 0.2) is 23.1 Å². The molecule has 0 saturated carbocycles. The van der Waals surface area contributed by atoms with Gasteiger partial charge in [0.1, 0.15) is 0 Å². The van der Waals surface area contributed by atoms with E-state index in [-0.39, 0.29) is 21.4 Å². The molecule has 1 heterocycles. The molecule has 1 aromatic rings. The highest BCUT2D eigenvalue weighted by atomic mass is 35.5. The monoisotopic (exact) mass is 345 g/mol. The number of rotatable bonds is 3. The minimum Gasteiger partial charge on any atom is -0.448 e. The number of ether oxygens (including phenoxy) is 1. The molecule has 1 aliphatic heterocycles. The molecule has 8 heteroatoms. The molecule has 0 radical (unpaired) electrons. The first-order valence-corrected chi connectivity index (χ1v) is 8.77. The van der Waals surface area contributed by atoms with Crippen molar-refractivity contribution in [2.24, 2.45) is 5.41 Å². The van der Waals surface area contributed by atoms with Crippen LogP contribution in [0.25, 0.3) is 0 Å². The van der Waals surface area contributed by atoms with Gasteiger partial charge in [0.2, 0.25) is 0 Å². The highest BCUT2D eigenvalue weighted by molar-refractivity contribution is 7.90. The molecule has 2 rings (SSSR count). The highest BCUT2D eigenvalue weighted by Crippen LogP contribution is 2.29. The number of hydrogen-bond donors (Lipinski definition) is 1. The SMILES string of the molecule is CC1(C)CNC(=O)C1OC(=O)c1cc(S(C)(=O)=O)ccc1Cl. The smallest absolute Gasteiger partial charge is 0.340 e. The number of amides is 1. The normalized spacial score (nSPS) is 20.5. The van der Waals surface area contributed by atoms with Gasteiger partial charge in [-0.25, -0.2) is 13.2 Å². The molecular weight excluding hydrogens is 330 g/mol. The zero-order chi connectivity index (χ0) is 16.7. The Morgan fingerprint density at radius 2 is 2.05 bits per heavy atom. The second-order valence-electron chi connectivity index (χ2n) is 5.91. The molecule has 6 nitrogen and oxygen atoms in total. The van der Waals surface area contributed by atoms with E-state index in [1.807, 2.05) is 0 Å². The van der Waals surface area contributed by atoms with E-state index in [4.69, 9.17) is 16.3 Å². The summed E-state index contributed by atoms with van der Waals surface area (Å²) >= 11 is 5.94. The number of esters is 1. The van der Waals surface area contributed by atoms with Gasteiger partial charge in [0.15, 0.2) is 15.9 Å². The molecule has 120 valence electrons. The minimum atomic E-state index is -3.48. The summed E-state index contributed by atoms with van der Waals surface area (Å²) < 4.78 is 28.4. The third-order valence-electron chi connectivity index (χ3n) is 3.48. The lowest BCUT2D eigenvalue weighted by atomic mass is 9.89. The van der Waals surface area contributed by atoms with E-state index in [0.717, 1.165) is 12.3 Å². The van der Waals surface area contributed by atoms with Gasteiger partial charge in [-0.3, -0.25) is 4.79 Å². The Kier molecular flexibility index (Phi) is 4.23. The average Bonchev–Trinajstić information content (AvgIpc) is 2.64. The first-order valence-electron chi connectivity index (χ1n) is 6.51. The molecule has 1 fully saturated rings. The fourth-order valence-corrected chi connectivity index (χ4v) is 2.97. The molecule has 1 amide bonds. The third kappa shape index (κ3) is 3.25. The molecule has 1 unspecified atom stereocenters. The average molecular weight is 346 g/mol. The molecule has 0 bridgehead atoms. The van der Waals surface area contributed by atoms with Crippen molar-refractivity contribution in [2.75, 3.05) is 12.8 Å². The Morgan fingerprint density at radius 1 is 1.41 bits per heavy atom. The molecule has 0 aliphatic carbocycles. The Labute approximate surface area is 133 Å². The number of sulfone groups is 1. The van der Waals surface area contributed by atoms with Crippen molar-refractivity contribution in [1.82, 2.24) is 5.32 Å². The molecule has 0 aromatic heterocycles. The Bertz CT molecular complexity index is 742. The fraction of sp³-hybridized carbons (Fsp3) is 0.429. The summed E-state index contributed by atoms with van der Waals surface area (Å²) in [6.07, 6.45) is 0.0803. The first-order chi connectivity index (χ1) is 10.0. The van der Waals surface area contributed by atoms with E-state index >= 15 is 0 Å². The van der Waals surface area contributed by atoms with Crippen LogP contribution >= 0.6 is 11.6 Å². The summed E-state index contributed by atoms with van der Waals surface area (Å²) in [7, 11) is -3.48. The standard InChI is InChI=1S/C14H16ClNO5S/c1-14(2)7-16-12(17)11(14)21-13(18)9-6-8(22(3,19)20)4-5-10(9)15/h4-6,11H,7H2,1-3H3,(H,16,17). The maximum absolute atomic E-state index is 12.3. The lowest BCUT2D eigenvalue weighted by Gasteiger charge is -2.23. The lowest BCUT2D eigenvalue weighted by Crippen LogP contribution is -2.35. The summed E-state index contributed by atoms with van der Waals surface area (Å²) in [6.45, 7) is 3.97. The summed E-state index contributed by atoms with van der Waals surface area (Å²) in [6, 6.07) is 3.77. The molecule has 1 atom stereocenters. The van der Waals surface area contributed by atoms with Crippen LogP contribution in [0.4, 0.5) is 0 Å². The topological polar surface area (TPSA) is 89.5 Å². The van der Waals surface area contributed by atoms with Gasteiger partial charge in [-0.15, -0.1) is 0 Å². The van der Waals surface area contributed by atoms with E-state index in [1.165, 1.54) is 12.1 Å². The predicted molar refractivity (Wildman–Crippen MR) is 80.6 cm³/mol. The third-order valence-corrected chi connectivity index (χ3v) is 4.92. The van der Waals surface area contributed by atoms with E-state index in [2.05, 4.69) is 5.32 Å². The van der Waals surface area contributed by atoms with Gasteiger partial charge in [-0.2, -0.15) is 0 Å². The van der Waals surface area contributed by atoms with Gasteiger partial charge in [0, 0.05) is 18.2 Å². The van der Waals surface area contributed by atoms with Gasteiger partial charge in [0.05, 0.1) is 15.5 Å². The van der Waals surface area contributed by atoms with E-state index in [1.54, 1.807) is 13.8 Å². The molecule has 1 N–H and O–H groups in total. The number of hydrogen-bond acceptors (Lipinski definition) is 5. The van der Waals surface area contributed by atoms with Gasteiger partial charge < -0.3 is 10.1 Å². The zero-order valence-corrected chi connectivity index (χ0v) is 13.9. The van der Waals surface area contributed by atoms with Crippen molar-refractivity contribution in [1.29, 1.82) is 0 Å². The van der Waals surface area contributed by atoms with E-state index in [0.29, 0.717) is 6.54 Å². The molecule has 0 spiro atoms. The Morgan fingerprint density at radius 3 is 2.55 bits per heavy atom. The summed E-state index contributed by atoms with van der Waals surface area (Å²) in [5.41, 5.74) is -0.631. The molecule has 1 saturated heterocycles. The number of carbonyl (C=O) groups excluding carboxylic acids is 2. The maximum atomic E-state index is 12.3. The Hall–Kier alpha value is -1.60. The van der Waals surface area contributed by atoms with Crippen LogP contribution < -0.4 is 5.32 Å². The fourth-order valence-electron chi connectivity index (χ4n) is 2.13. The van der Waals surface area contributed by atoms with Crippen LogP contribution in [0.2, 0.25) is 5.02 Å². The molecule has 1 aliphatic rings. The van der Waals surface area contributed by atoms with Gasteiger partial charge >= 0.3 is 5.97 Å². The van der Waals surface area contributed by atoms with Gasteiger partial charge in [-0.05, 0) is 18.2 Å². The largest absolute Gasteiger partial charge is 0.448 e. The number of benzene rings is 1. The van der Waals surface area contributed by atoms with Gasteiger partial charge in [-0.1, -0.05) is 25.4 Å². The van der Waals surface area contributed by atoms with Crippen LogP contribution in [0.5, 0.6) is 0 Å². The zero-order valence-electron chi connectivity index (χ0n) is 12.3. The predicted octanol–water partition coefficient (Wildman–Crippen LogP) is 1.42. The van der Waals surface area contributed by atoms with Crippen molar-refractivity contribution in [2.45, 2.75) is 24.8 Å². The summed E-state index contributed by atoms with van der Waals surface area (Å²) in [5, 5.41) is 2.69.